The Kier molecular flexibility index (Phi) is 8.28. The first-order valence-electron chi connectivity index (χ1n) is 11.5. The van der Waals surface area contributed by atoms with Crippen molar-refractivity contribution in [3.63, 3.8) is 0 Å². The lowest BCUT2D eigenvalue weighted by Gasteiger charge is -2.29. The molecule has 6 heteroatoms. The van der Waals surface area contributed by atoms with Crippen molar-refractivity contribution in [3.05, 3.63) is 57.0 Å². The number of thioether (sulfide) groups is 1. The summed E-state index contributed by atoms with van der Waals surface area (Å²) in [6.07, 6.45) is 0. The smallest absolute Gasteiger partial charge is 0.272 e. The van der Waals surface area contributed by atoms with Crippen LogP contribution in [0.4, 0.5) is 0 Å². The second-order valence-corrected chi connectivity index (χ2v) is 15.3. The maximum absolute atomic E-state index is 13.6. The molecular weight excluding hydrogens is 432 g/mol. The van der Waals surface area contributed by atoms with Crippen molar-refractivity contribution in [2.45, 2.75) is 109 Å². The molecule has 1 aromatic heterocycles. The highest BCUT2D eigenvalue weighted by Crippen LogP contribution is 2.35. The quantitative estimate of drug-likeness (QED) is 0.360. The molecule has 2 aromatic rings. The van der Waals surface area contributed by atoms with E-state index in [0.29, 0.717) is 6.61 Å². The molecule has 0 aliphatic heterocycles. The Labute approximate surface area is 200 Å². The highest BCUT2D eigenvalue weighted by atomic mass is 32.2. The summed E-state index contributed by atoms with van der Waals surface area (Å²) < 4.78 is 7.75. The van der Waals surface area contributed by atoms with E-state index in [9.17, 15) is 4.79 Å². The van der Waals surface area contributed by atoms with E-state index in [2.05, 4.69) is 78.9 Å². The summed E-state index contributed by atoms with van der Waals surface area (Å²) in [7, 11) is -1.23. The second-order valence-electron chi connectivity index (χ2n) is 11.9. The van der Waals surface area contributed by atoms with Gasteiger partial charge in [0.2, 0.25) is 0 Å². The fourth-order valence-electron chi connectivity index (χ4n) is 3.43. The fourth-order valence-corrected chi connectivity index (χ4v) is 5.23. The minimum absolute atomic E-state index is 0.00104. The summed E-state index contributed by atoms with van der Waals surface area (Å²) in [4.78, 5) is 14.6. The van der Waals surface area contributed by atoms with E-state index in [1.165, 1.54) is 11.1 Å². The Morgan fingerprint density at radius 1 is 0.938 bits per heavy atom. The summed E-state index contributed by atoms with van der Waals surface area (Å²) >= 11 is 1.71. The molecule has 0 N–H and O–H groups in total. The Morgan fingerprint density at radius 3 is 1.94 bits per heavy atom. The van der Waals surface area contributed by atoms with Gasteiger partial charge in [-0.25, -0.2) is 4.68 Å². The topological polar surface area (TPSA) is 44.1 Å². The fraction of sp³-hybridized carbons (Fsp3) is 0.615. The molecule has 1 aromatic carbocycles. The summed E-state index contributed by atoms with van der Waals surface area (Å²) in [5.74, 6) is 0.792. The Bertz CT molecular complexity index is 976. The van der Waals surface area contributed by atoms with Crippen molar-refractivity contribution in [2.75, 3.05) is 0 Å². The predicted octanol–water partition coefficient (Wildman–Crippen LogP) is 6.39. The number of aromatic nitrogens is 2. The van der Waals surface area contributed by atoms with Crippen LogP contribution in [0, 0.1) is 0 Å². The Hall–Kier alpha value is -1.37. The maximum Gasteiger partial charge on any atom is 0.272 e. The lowest BCUT2D eigenvalue weighted by Crippen LogP contribution is -2.42. The van der Waals surface area contributed by atoms with Crippen LogP contribution in [-0.2, 0) is 33.2 Å². The van der Waals surface area contributed by atoms with Gasteiger partial charge in [-0.05, 0) is 55.8 Å². The standard InChI is InChI=1S/C26H42N2O2SSi/c1-24(2,3)19-14-12-18(13-15-19)17-31-22-20(16-30-32(10)11)27-28(26(7,8)9)23(29)21(22)25(4,5)6/h12-15,32H,16-17H2,1-11H3. The van der Waals surface area contributed by atoms with Gasteiger partial charge < -0.3 is 4.43 Å². The van der Waals surface area contributed by atoms with E-state index in [0.717, 1.165) is 21.9 Å². The molecule has 0 radical (unpaired) electrons. The summed E-state index contributed by atoms with van der Waals surface area (Å²) in [5.41, 5.74) is 3.73. The number of benzene rings is 1. The molecule has 32 heavy (non-hydrogen) atoms. The molecule has 0 amide bonds. The molecule has 4 nitrogen and oxygen atoms in total. The van der Waals surface area contributed by atoms with Gasteiger partial charge in [0.25, 0.3) is 5.56 Å². The molecule has 0 atom stereocenters. The van der Waals surface area contributed by atoms with Gasteiger partial charge in [0.15, 0.2) is 9.04 Å². The molecular formula is C26H42N2O2SSi. The molecule has 0 spiro atoms. The molecule has 0 aliphatic carbocycles. The van der Waals surface area contributed by atoms with Crippen molar-refractivity contribution in [3.8, 4) is 0 Å². The van der Waals surface area contributed by atoms with Gasteiger partial charge in [-0.15, -0.1) is 11.8 Å². The van der Waals surface area contributed by atoms with E-state index in [-0.39, 0.29) is 16.4 Å². The molecule has 0 bridgehead atoms. The van der Waals surface area contributed by atoms with E-state index < -0.39 is 14.6 Å². The molecule has 0 unspecified atom stereocenters. The molecule has 0 saturated heterocycles. The first-order valence-corrected chi connectivity index (χ1v) is 15.3. The summed E-state index contributed by atoms with van der Waals surface area (Å²) in [6, 6.07) is 8.83. The number of rotatable bonds is 6. The lowest BCUT2D eigenvalue weighted by molar-refractivity contribution is 0.278. The Balaban J connectivity index is 2.55. The average molecular weight is 475 g/mol. The minimum atomic E-state index is -1.23. The monoisotopic (exact) mass is 474 g/mol. The number of hydrogen-bond acceptors (Lipinski definition) is 4. The van der Waals surface area contributed by atoms with E-state index >= 15 is 0 Å². The first kappa shape index (κ1) is 26.9. The van der Waals surface area contributed by atoms with Gasteiger partial charge in [-0.2, -0.15) is 5.10 Å². The maximum atomic E-state index is 13.6. The van der Waals surface area contributed by atoms with Gasteiger partial charge in [-0.1, -0.05) is 65.8 Å². The van der Waals surface area contributed by atoms with E-state index in [4.69, 9.17) is 9.52 Å². The average Bonchev–Trinajstić information content (AvgIpc) is 2.62. The first-order chi connectivity index (χ1) is 14.5. The predicted molar refractivity (Wildman–Crippen MR) is 141 cm³/mol. The molecule has 0 saturated carbocycles. The summed E-state index contributed by atoms with van der Waals surface area (Å²) in [6.45, 7) is 23.9. The number of nitrogens with zero attached hydrogens (tertiary/aromatic N) is 2. The van der Waals surface area contributed by atoms with Crippen molar-refractivity contribution in [1.82, 2.24) is 9.78 Å². The van der Waals surface area contributed by atoms with Gasteiger partial charge >= 0.3 is 0 Å². The van der Waals surface area contributed by atoms with Crippen LogP contribution in [0.15, 0.2) is 34.0 Å². The zero-order valence-electron chi connectivity index (χ0n) is 21.9. The van der Waals surface area contributed by atoms with E-state index in [1.807, 2.05) is 20.8 Å². The van der Waals surface area contributed by atoms with Crippen LogP contribution in [0.25, 0.3) is 0 Å². The largest absolute Gasteiger partial charge is 0.415 e. The second kappa shape index (κ2) is 9.86. The van der Waals surface area contributed by atoms with Crippen LogP contribution in [0.3, 0.4) is 0 Å². The van der Waals surface area contributed by atoms with Gasteiger partial charge in [-0.3, -0.25) is 4.79 Å². The SMILES string of the molecule is C[SiH](C)OCc1nn(C(C)(C)C)c(=O)c(C(C)(C)C)c1SCc1ccc(C(C)(C)C)cc1. The molecule has 178 valence electrons. The van der Waals surface area contributed by atoms with Crippen LogP contribution in [0.5, 0.6) is 0 Å². The third kappa shape index (κ3) is 6.81. The lowest BCUT2D eigenvalue weighted by atomic mass is 9.87. The van der Waals surface area contributed by atoms with Crippen LogP contribution < -0.4 is 5.56 Å². The zero-order valence-corrected chi connectivity index (χ0v) is 23.9. The highest BCUT2D eigenvalue weighted by molar-refractivity contribution is 7.98. The van der Waals surface area contributed by atoms with Gasteiger partial charge in [0.05, 0.1) is 17.8 Å². The number of hydrogen-bond donors (Lipinski definition) is 0. The molecule has 1 heterocycles. The highest BCUT2D eigenvalue weighted by Gasteiger charge is 2.30. The zero-order chi connectivity index (χ0) is 24.5. The third-order valence-electron chi connectivity index (χ3n) is 5.26. The normalized spacial score (nSPS) is 13.1. The minimum Gasteiger partial charge on any atom is -0.415 e. The van der Waals surface area contributed by atoms with Crippen molar-refractivity contribution in [2.24, 2.45) is 0 Å². The van der Waals surface area contributed by atoms with E-state index in [1.54, 1.807) is 16.4 Å². The van der Waals surface area contributed by atoms with Gasteiger partial charge in [0, 0.05) is 16.2 Å². The van der Waals surface area contributed by atoms with Crippen LogP contribution >= 0.6 is 11.8 Å². The van der Waals surface area contributed by atoms with Crippen molar-refractivity contribution >= 4 is 20.8 Å². The molecule has 0 fully saturated rings. The Morgan fingerprint density at radius 2 is 1.50 bits per heavy atom. The molecule has 2 rings (SSSR count). The molecule has 0 aliphatic rings. The van der Waals surface area contributed by atoms with Gasteiger partial charge in [0.1, 0.15) is 0 Å². The van der Waals surface area contributed by atoms with Crippen LogP contribution in [0.2, 0.25) is 13.1 Å². The van der Waals surface area contributed by atoms with Crippen molar-refractivity contribution < 1.29 is 4.43 Å². The summed E-state index contributed by atoms with van der Waals surface area (Å²) in [5, 5.41) is 4.83. The third-order valence-corrected chi connectivity index (χ3v) is 7.30. The van der Waals surface area contributed by atoms with Crippen LogP contribution in [0.1, 0.15) is 84.7 Å². The van der Waals surface area contributed by atoms with Crippen LogP contribution in [-0.4, -0.2) is 18.8 Å². The van der Waals surface area contributed by atoms with Crippen molar-refractivity contribution in [1.29, 1.82) is 0 Å².